The van der Waals surface area contributed by atoms with Crippen LogP contribution in [0.25, 0.3) is 0 Å². The lowest BCUT2D eigenvalue weighted by atomic mass is 9.85. The molecule has 4 heteroatoms. The highest BCUT2D eigenvalue weighted by molar-refractivity contribution is 7.10. The lowest BCUT2D eigenvalue weighted by molar-refractivity contribution is -0.142. The maximum atomic E-state index is 11.1. The highest BCUT2D eigenvalue weighted by Gasteiger charge is 2.27. The minimum atomic E-state index is -0.637. The maximum absolute atomic E-state index is 11.1. The SMILES string of the molecule is O=C(O)C1CCC(NC(Cc2ccccc2)c2cccs2)CC1. The Labute approximate surface area is 141 Å². The quantitative estimate of drug-likeness (QED) is 0.832. The molecule has 0 spiro atoms. The molecule has 23 heavy (non-hydrogen) atoms. The first kappa shape index (κ1) is 16.2. The third-order valence-corrected chi connectivity index (χ3v) is 5.67. The van der Waals surface area contributed by atoms with E-state index in [-0.39, 0.29) is 5.92 Å². The molecule has 3 rings (SSSR count). The van der Waals surface area contributed by atoms with E-state index < -0.39 is 5.97 Å². The summed E-state index contributed by atoms with van der Waals surface area (Å²) in [5.74, 6) is -0.787. The molecule has 1 aromatic carbocycles. The molecule has 0 saturated heterocycles. The third-order valence-electron chi connectivity index (χ3n) is 4.68. The van der Waals surface area contributed by atoms with E-state index in [0.717, 1.165) is 32.1 Å². The molecular formula is C19H23NO2S. The predicted molar refractivity (Wildman–Crippen MR) is 93.7 cm³/mol. The first-order valence-corrected chi connectivity index (χ1v) is 9.16. The minimum absolute atomic E-state index is 0.151. The summed E-state index contributed by atoms with van der Waals surface area (Å²) < 4.78 is 0. The first-order valence-electron chi connectivity index (χ1n) is 8.28. The number of hydrogen-bond donors (Lipinski definition) is 2. The fourth-order valence-electron chi connectivity index (χ4n) is 3.37. The number of benzene rings is 1. The molecule has 1 aliphatic carbocycles. The van der Waals surface area contributed by atoms with Crippen molar-refractivity contribution in [2.45, 2.75) is 44.2 Å². The molecule has 122 valence electrons. The highest BCUT2D eigenvalue weighted by atomic mass is 32.1. The standard InChI is InChI=1S/C19H23NO2S/c21-19(22)15-8-10-16(11-9-15)20-17(18-7-4-12-23-18)13-14-5-2-1-3-6-14/h1-7,12,15-17,20H,8-11,13H2,(H,21,22). The van der Waals surface area contributed by atoms with E-state index in [0.29, 0.717) is 12.1 Å². The van der Waals surface area contributed by atoms with Gasteiger partial charge in [0, 0.05) is 17.0 Å². The normalized spacial score (nSPS) is 22.6. The summed E-state index contributed by atoms with van der Waals surface area (Å²) in [5, 5.41) is 15.0. The predicted octanol–water partition coefficient (Wildman–Crippen LogP) is 4.26. The van der Waals surface area contributed by atoms with Crippen molar-refractivity contribution >= 4 is 17.3 Å². The number of rotatable bonds is 6. The number of nitrogens with one attached hydrogen (secondary N) is 1. The average molecular weight is 329 g/mol. The van der Waals surface area contributed by atoms with E-state index in [1.807, 2.05) is 6.07 Å². The van der Waals surface area contributed by atoms with Gasteiger partial charge in [-0.25, -0.2) is 0 Å². The van der Waals surface area contributed by atoms with Gasteiger partial charge < -0.3 is 10.4 Å². The van der Waals surface area contributed by atoms with E-state index in [2.05, 4.69) is 47.1 Å². The Bertz CT molecular complexity index is 604. The molecule has 1 heterocycles. The molecule has 2 N–H and O–H groups in total. The molecule has 0 amide bonds. The number of thiophene rings is 1. The van der Waals surface area contributed by atoms with Crippen LogP contribution < -0.4 is 5.32 Å². The summed E-state index contributed by atoms with van der Waals surface area (Å²) >= 11 is 1.79. The summed E-state index contributed by atoms with van der Waals surface area (Å²) in [7, 11) is 0. The van der Waals surface area contributed by atoms with Crippen molar-refractivity contribution in [3.63, 3.8) is 0 Å². The van der Waals surface area contributed by atoms with Gasteiger partial charge in [0.1, 0.15) is 0 Å². The Balaban J connectivity index is 1.64. The molecule has 1 aromatic heterocycles. The summed E-state index contributed by atoms with van der Waals surface area (Å²) in [5.41, 5.74) is 1.33. The van der Waals surface area contributed by atoms with Crippen LogP contribution in [0.3, 0.4) is 0 Å². The Morgan fingerprint density at radius 2 is 1.87 bits per heavy atom. The van der Waals surface area contributed by atoms with Gasteiger partial charge in [0.25, 0.3) is 0 Å². The fourth-order valence-corrected chi connectivity index (χ4v) is 4.16. The lowest BCUT2D eigenvalue weighted by Gasteiger charge is -2.30. The molecular weight excluding hydrogens is 306 g/mol. The van der Waals surface area contributed by atoms with Gasteiger partial charge in [0.2, 0.25) is 0 Å². The topological polar surface area (TPSA) is 49.3 Å². The summed E-state index contributed by atoms with van der Waals surface area (Å²) in [4.78, 5) is 12.4. The molecule has 1 unspecified atom stereocenters. The largest absolute Gasteiger partial charge is 0.481 e. The Hall–Kier alpha value is -1.65. The van der Waals surface area contributed by atoms with E-state index in [9.17, 15) is 4.79 Å². The average Bonchev–Trinajstić information content (AvgIpc) is 3.10. The number of hydrogen-bond acceptors (Lipinski definition) is 3. The Morgan fingerprint density at radius 3 is 2.48 bits per heavy atom. The lowest BCUT2D eigenvalue weighted by Crippen LogP contribution is -2.37. The van der Waals surface area contributed by atoms with Gasteiger partial charge in [0.05, 0.1) is 5.92 Å². The van der Waals surface area contributed by atoms with Crippen molar-refractivity contribution in [1.29, 1.82) is 0 Å². The van der Waals surface area contributed by atoms with Crippen LogP contribution in [0.4, 0.5) is 0 Å². The second-order valence-corrected chi connectivity index (χ2v) is 7.29. The highest BCUT2D eigenvalue weighted by Crippen LogP contribution is 2.29. The first-order chi connectivity index (χ1) is 11.2. The number of carbonyl (C=O) groups is 1. The fraction of sp³-hybridized carbons (Fsp3) is 0.421. The van der Waals surface area contributed by atoms with Gasteiger partial charge in [0.15, 0.2) is 0 Å². The molecule has 2 aromatic rings. The van der Waals surface area contributed by atoms with Crippen LogP contribution in [0, 0.1) is 5.92 Å². The van der Waals surface area contributed by atoms with Gasteiger partial charge in [-0.3, -0.25) is 4.79 Å². The smallest absolute Gasteiger partial charge is 0.306 e. The molecule has 1 fully saturated rings. The molecule has 0 radical (unpaired) electrons. The molecule has 3 nitrogen and oxygen atoms in total. The van der Waals surface area contributed by atoms with Crippen LogP contribution in [-0.4, -0.2) is 17.1 Å². The van der Waals surface area contributed by atoms with Crippen molar-refractivity contribution in [2.24, 2.45) is 5.92 Å². The van der Waals surface area contributed by atoms with Crippen molar-refractivity contribution in [1.82, 2.24) is 5.32 Å². The third kappa shape index (κ3) is 4.43. The van der Waals surface area contributed by atoms with Crippen LogP contribution in [0.15, 0.2) is 47.8 Å². The van der Waals surface area contributed by atoms with Crippen molar-refractivity contribution in [3.05, 3.63) is 58.3 Å². The van der Waals surface area contributed by atoms with Crippen molar-refractivity contribution in [2.75, 3.05) is 0 Å². The number of carboxylic acids is 1. The van der Waals surface area contributed by atoms with E-state index in [4.69, 9.17) is 5.11 Å². The second kappa shape index (κ2) is 7.75. The second-order valence-electron chi connectivity index (χ2n) is 6.31. The van der Waals surface area contributed by atoms with Crippen LogP contribution >= 0.6 is 11.3 Å². The Morgan fingerprint density at radius 1 is 1.13 bits per heavy atom. The molecule has 0 aliphatic heterocycles. The monoisotopic (exact) mass is 329 g/mol. The summed E-state index contributed by atoms with van der Waals surface area (Å²) in [6.45, 7) is 0. The molecule has 1 atom stereocenters. The zero-order chi connectivity index (χ0) is 16.1. The molecule has 0 bridgehead atoms. The van der Waals surface area contributed by atoms with Crippen molar-refractivity contribution in [3.8, 4) is 0 Å². The minimum Gasteiger partial charge on any atom is -0.481 e. The van der Waals surface area contributed by atoms with E-state index in [1.165, 1.54) is 10.4 Å². The van der Waals surface area contributed by atoms with Crippen LogP contribution in [-0.2, 0) is 11.2 Å². The van der Waals surface area contributed by atoms with Crippen LogP contribution in [0.2, 0.25) is 0 Å². The number of aliphatic carboxylic acids is 1. The van der Waals surface area contributed by atoms with Gasteiger partial charge in [-0.15, -0.1) is 11.3 Å². The van der Waals surface area contributed by atoms with Gasteiger partial charge in [-0.05, 0) is 49.1 Å². The van der Waals surface area contributed by atoms with Crippen LogP contribution in [0.5, 0.6) is 0 Å². The maximum Gasteiger partial charge on any atom is 0.306 e. The summed E-state index contributed by atoms with van der Waals surface area (Å²) in [6, 6.07) is 15.6. The number of carboxylic acid groups (broad SMARTS) is 1. The zero-order valence-corrected chi connectivity index (χ0v) is 14.0. The van der Waals surface area contributed by atoms with Gasteiger partial charge in [-0.2, -0.15) is 0 Å². The van der Waals surface area contributed by atoms with E-state index in [1.54, 1.807) is 11.3 Å². The molecule has 1 saturated carbocycles. The zero-order valence-electron chi connectivity index (χ0n) is 13.2. The molecule has 1 aliphatic rings. The summed E-state index contributed by atoms with van der Waals surface area (Å²) in [6.07, 6.45) is 4.45. The van der Waals surface area contributed by atoms with Crippen LogP contribution in [0.1, 0.15) is 42.2 Å². The Kier molecular flexibility index (Phi) is 5.47. The van der Waals surface area contributed by atoms with Gasteiger partial charge >= 0.3 is 5.97 Å². The van der Waals surface area contributed by atoms with Gasteiger partial charge in [-0.1, -0.05) is 36.4 Å². The van der Waals surface area contributed by atoms with Crippen molar-refractivity contribution < 1.29 is 9.90 Å². The van der Waals surface area contributed by atoms with E-state index >= 15 is 0 Å².